The van der Waals surface area contributed by atoms with Crippen LogP contribution in [0.15, 0.2) is 45.3 Å². The topological polar surface area (TPSA) is 20.2 Å². The standard InChI is InChI=1S/C13H8Br2ClFO/c14-10-3-1-7(5-11(10)15)13(18)9-6-8(17)2-4-12(9)16/h1-6,13,18H. The normalized spacial score (nSPS) is 12.5. The van der Waals surface area contributed by atoms with Crippen LogP contribution in [0.3, 0.4) is 0 Å². The van der Waals surface area contributed by atoms with E-state index in [0.29, 0.717) is 16.1 Å². The van der Waals surface area contributed by atoms with Crippen LogP contribution < -0.4 is 0 Å². The number of aliphatic hydroxyl groups is 1. The average Bonchev–Trinajstić information content (AvgIpc) is 2.35. The Balaban J connectivity index is 2.44. The first-order valence-corrected chi connectivity index (χ1v) is 7.03. The first-order chi connectivity index (χ1) is 8.49. The fourth-order valence-electron chi connectivity index (χ4n) is 1.59. The summed E-state index contributed by atoms with van der Waals surface area (Å²) in [6.07, 6.45) is -0.961. The Morgan fingerprint density at radius 3 is 2.44 bits per heavy atom. The van der Waals surface area contributed by atoms with Crippen LogP contribution in [0, 0.1) is 5.82 Å². The molecule has 0 aliphatic heterocycles. The van der Waals surface area contributed by atoms with Gasteiger partial charge in [-0.25, -0.2) is 4.39 Å². The van der Waals surface area contributed by atoms with Gasteiger partial charge in [0.1, 0.15) is 11.9 Å². The van der Waals surface area contributed by atoms with Crippen molar-refractivity contribution in [2.75, 3.05) is 0 Å². The fraction of sp³-hybridized carbons (Fsp3) is 0.0769. The molecule has 0 amide bonds. The molecule has 94 valence electrons. The van der Waals surface area contributed by atoms with Crippen LogP contribution >= 0.6 is 43.5 Å². The van der Waals surface area contributed by atoms with Crippen molar-refractivity contribution in [1.82, 2.24) is 0 Å². The molecular weight excluding hydrogens is 386 g/mol. The molecule has 0 fully saturated rings. The second-order valence-corrected chi connectivity index (χ2v) is 5.86. The molecule has 1 atom stereocenters. The Kier molecular flexibility index (Phi) is 4.43. The number of halogens is 4. The molecule has 2 aromatic carbocycles. The predicted molar refractivity (Wildman–Crippen MR) is 77.3 cm³/mol. The highest BCUT2D eigenvalue weighted by Gasteiger charge is 2.15. The quantitative estimate of drug-likeness (QED) is 0.753. The summed E-state index contributed by atoms with van der Waals surface area (Å²) in [5.41, 5.74) is 0.989. The van der Waals surface area contributed by atoms with E-state index < -0.39 is 11.9 Å². The molecule has 0 radical (unpaired) electrons. The molecule has 1 N–H and O–H groups in total. The van der Waals surface area contributed by atoms with Crippen LogP contribution in [-0.4, -0.2) is 5.11 Å². The third kappa shape index (κ3) is 2.94. The maximum Gasteiger partial charge on any atom is 0.123 e. The van der Waals surface area contributed by atoms with Gasteiger partial charge in [-0.1, -0.05) is 17.7 Å². The average molecular weight is 394 g/mol. The first-order valence-electron chi connectivity index (χ1n) is 5.07. The van der Waals surface area contributed by atoms with Gasteiger partial charge in [0.25, 0.3) is 0 Å². The molecule has 0 heterocycles. The second-order valence-electron chi connectivity index (χ2n) is 3.74. The van der Waals surface area contributed by atoms with E-state index in [2.05, 4.69) is 31.9 Å². The summed E-state index contributed by atoms with van der Waals surface area (Å²) >= 11 is 12.7. The van der Waals surface area contributed by atoms with Gasteiger partial charge in [0, 0.05) is 19.5 Å². The monoisotopic (exact) mass is 392 g/mol. The van der Waals surface area contributed by atoms with Crippen molar-refractivity contribution in [3.8, 4) is 0 Å². The smallest absolute Gasteiger partial charge is 0.123 e. The lowest BCUT2D eigenvalue weighted by molar-refractivity contribution is 0.220. The summed E-state index contributed by atoms with van der Waals surface area (Å²) in [7, 11) is 0. The third-order valence-electron chi connectivity index (χ3n) is 2.51. The Bertz CT molecular complexity index is 589. The number of aliphatic hydroxyl groups excluding tert-OH is 1. The van der Waals surface area contributed by atoms with Crippen molar-refractivity contribution < 1.29 is 9.50 Å². The predicted octanol–water partition coefficient (Wildman–Crippen LogP) is 5.09. The van der Waals surface area contributed by atoms with Gasteiger partial charge in [-0.05, 0) is 67.8 Å². The van der Waals surface area contributed by atoms with Gasteiger partial charge in [-0.2, -0.15) is 0 Å². The van der Waals surface area contributed by atoms with E-state index in [4.69, 9.17) is 11.6 Å². The third-order valence-corrected chi connectivity index (χ3v) is 4.74. The van der Waals surface area contributed by atoms with Crippen LogP contribution in [-0.2, 0) is 0 Å². The SMILES string of the molecule is OC(c1ccc(Br)c(Br)c1)c1cc(F)ccc1Cl. The minimum atomic E-state index is -0.961. The Morgan fingerprint density at radius 1 is 1.06 bits per heavy atom. The molecule has 2 aromatic rings. The molecule has 0 spiro atoms. The lowest BCUT2D eigenvalue weighted by atomic mass is 10.0. The number of hydrogen-bond donors (Lipinski definition) is 1. The van der Waals surface area contributed by atoms with Crippen molar-refractivity contribution in [2.24, 2.45) is 0 Å². The highest BCUT2D eigenvalue weighted by Crippen LogP contribution is 2.32. The van der Waals surface area contributed by atoms with Crippen LogP contribution in [0.25, 0.3) is 0 Å². The Morgan fingerprint density at radius 2 is 1.78 bits per heavy atom. The summed E-state index contributed by atoms with van der Waals surface area (Å²) in [6.45, 7) is 0. The van der Waals surface area contributed by atoms with E-state index in [0.717, 1.165) is 8.95 Å². The van der Waals surface area contributed by atoms with E-state index in [1.165, 1.54) is 18.2 Å². The molecule has 0 aromatic heterocycles. The molecular formula is C13H8Br2ClFO. The highest BCUT2D eigenvalue weighted by molar-refractivity contribution is 9.13. The molecule has 0 aliphatic carbocycles. The Labute approximate surface area is 126 Å². The molecule has 0 saturated carbocycles. The van der Waals surface area contributed by atoms with E-state index in [9.17, 15) is 9.50 Å². The van der Waals surface area contributed by atoms with Crippen molar-refractivity contribution >= 4 is 43.5 Å². The number of rotatable bonds is 2. The second kappa shape index (κ2) is 5.70. The summed E-state index contributed by atoms with van der Waals surface area (Å²) in [5, 5.41) is 10.6. The Hall–Kier alpha value is -0.420. The van der Waals surface area contributed by atoms with Gasteiger partial charge in [0.15, 0.2) is 0 Å². The minimum absolute atomic E-state index is 0.336. The zero-order valence-electron chi connectivity index (χ0n) is 9.00. The van der Waals surface area contributed by atoms with Crippen LogP contribution in [0.4, 0.5) is 4.39 Å². The lowest BCUT2D eigenvalue weighted by Crippen LogP contribution is -2.01. The number of hydrogen-bond acceptors (Lipinski definition) is 1. The molecule has 2 rings (SSSR count). The minimum Gasteiger partial charge on any atom is -0.384 e. The molecule has 1 nitrogen and oxygen atoms in total. The van der Waals surface area contributed by atoms with Crippen molar-refractivity contribution in [3.05, 3.63) is 67.3 Å². The zero-order valence-corrected chi connectivity index (χ0v) is 12.9. The van der Waals surface area contributed by atoms with Crippen molar-refractivity contribution in [2.45, 2.75) is 6.10 Å². The number of benzene rings is 2. The van der Waals surface area contributed by atoms with E-state index in [1.807, 2.05) is 0 Å². The lowest BCUT2D eigenvalue weighted by Gasteiger charge is -2.14. The summed E-state index contributed by atoms with van der Waals surface area (Å²) in [4.78, 5) is 0. The van der Waals surface area contributed by atoms with Gasteiger partial charge in [-0.15, -0.1) is 0 Å². The van der Waals surface area contributed by atoms with E-state index in [1.54, 1.807) is 18.2 Å². The van der Waals surface area contributed by atoms with Gasteiger partial charge in [0.05, 0.1) is 0 Å². The summed E-state index contributed by atoms with van der Waals surface area (Å²) < 4.78 is 14.9. The molecule has 0 aliphatic rings. The van der Waals surface area contributed by atoms with Gasteiger partial charge < -0.3 is 5.11 Å². The van der Waals surface area contributed by atoms with E-state index in [-0.39, 0.29) is 0 Å². The van der Waals surface area contributed by atoms with E-state index >= 15 is 0 Å². The van der Waals surface area contributed by atoms with Crippen molar-refractivity contribution in [1.29, 1.82) is 0 Å². The van der Waals surface area contributed by atoms with Crippen molar-refractivity contribution in [3.63, 3.8) is 0 Å². The summed E-state index contributed by atoms with van der Waals surface area (Å²) in [5.74, 6) is -0.426. The van der Waals surface area contributed by atoms with Crippen LogP contribution in [0.1, 0.15) is 17.2 Å². The van der Waals surface area contributed by atoms with Gasteiger partial charge in [-0.3, -0.25) is 0 Å². The zero-order chi connectivity index (χ0) is 13.3. The highest BCUT2D eigenvalue weighted by atomic mass is 79.9. The summed E-state index contributed by atoms with van der Waals surface area (Å²) in [6, 6.07) is 9.24. The maximum atomic E-state index is 13.2. The molecule has 5 heteroatoms. The van der Waals surface area contributed by atoms with Crippen LogP contribution in [0.2, 0.25) is 5.02 Å². The van der Waals surface area contributed by atoms with Crippen LogP contribution in [0.5, 0.6) is 0 Å². The largest absolute Gasteiger partial charge is 0.384 e. The molecule has 1 unspecified atom stereocenters. The first kappa shape index (κ1) is 14.0. The maximum absolute atomic E-state index is 13.2. The molecule has 0 saturated heterocycles. The van der Waals surface area contributed by atoms with Gasteiger partial charge >= 0.3 is 0 Å². The molecule has 18 heavy (non-hydrogen) atoms. The fourth-order valence-corrected chi connectivity index (χ4v) is 2.45. The van der Waals surface area contributed by atoms with Gasteiger partial charge in [0.2, 0.25) is 0 Å². The molecule has 0 bridgehead atoms.